The van der Waals surface area contributed by atoms with Crippen LogP contribution in [0.4, 0.5) is 4.39 Å². The van der Waals surface area contributed by atoms with Crippen molar-refractivity contribution in [3.8, 4) is 0 Å². The predicted octanol–water partition coefficient (Wildman–Crippen LogP) is 5.83. The summed E-state index contributed by atoms with van der Waals surface area (Å²) in [6, 6.07) is 9.50. The second kappa shape index (κ2) is 14.4. The largest absolute Gasteiger partial charge is 0.478 e. The Morgan fingerprint density at radius 2 is 2.02 bits per heavy atom. The molecule has 0 unspecified atom stereocenters. The minimum absolute atomic E-state index is 0.0119. The van der Waals surface area contributed by atoms with Gasteiger partial charge < -0.3 is 19.0 Å². The zero-order chi connectivity index (χ0) is 31.1. The van der Waals surface area contributed by atoms with E-state index in [1.807, 2.05) is 12.5 Å². The van der Waals surface area contributed by atoms with Gasteiger partial charge in [-0.3, -0.25) is 9.89 Å². The van der Waals surface area contributed by atoms with Crippen LogP contribution in [0.1, 0.15) is 47.2 Å². The third kappa shape index (κ3) is 7.78. The average Bonchev–Trinajstić information content (AvgIpc) is 3.61. The van der Waals surface area contributed by atoms with E-state index in [2.05, 4.69) is 42.5 Å². The molecule has 4 aromatic rings. The molecule has 12 heteroatoms. The molecule has 0 aliphatic carbocycles. The van der Waals surface area contributed by atoms with Gasteiger partial charge in [-0.05, 0) is 75.7 Å². The van der Waals surface area contributed by atoms with Crippen LogP contribution in [0.25, 0.3) is 11.0 Å². The molecule has 230 valence electrons. The Hall–Kier alpha value is -4.35. The molecule has 1 N–H and O–H groups in total. The summed E-state index contributed by atoms with van der Waals surface area (Å²) in [4.78, 5) is 31.9. The van der Waals surface area contributed by atoms with E-state index in [0.717, 1.165) is 55.0 Å². The van der Waals surface area contributed by atoms with Crippen molar-refractivity contribution in [1.29, 1.82) is 0 Å². The average molecular weight is 620 g/mol. The Morgan fingerprint density at radius 3 is 2.77 bits per heavy atom. The van der Waals surface area contributed by atoms with Crippen molar-refractivity contribution in [3.05, 3.63) is 94.9 Å². The number of aryl methyl sites for hydroxylation is 1. The summed E-state index contributed by atoms with van der Waals surface area (Å²) in [6.07, 6.45) is 8.83. The first kappa shape index (κ1) is 31.1. The maximum absolute atomic E-state index is 13.9. The summed E-state index contributed by atoms with van der Waals surface area (Å²) >= 11 is 5.78. The Labute approximate surface area is 260 Å². The maximum atomic E-state index is 13.9. The Balaban J connectivity index is 1.13. The molecule has 0 bridgehead atoms. The number of piperidine rings is 1. The van der Waals surface area contributed by atoms with E-state index < -0.39 is 11.8 Å². The summed E-state index contributed by atoms with van der Waals surface area (Å²) in [5.41, 5.74) is 3.24. The zero-order valence-electron chi connectivity index (χ0n) is 24.6. The molecule has 1 fully saturated rings. The first-order valence-corrected chi connectivity index (χ1v) is 14.9. The standard InChI is InChI=1S/C32H35ClFN7O3/c1-3-40-21-36-17-27(40)18-41-30-14-24(32(42)43)5-7-29(30)38-31(41)19-39-12-8-23(9-13-39)16-35-10-11-37-22(2)44-20-25-4-6-26(33)15-28(25)34/h4-7,10-11,14-15,17,21,23H,2-3,8-9,12-13,16,18-20H2,1H3,(H,42,43). The number of halogens is 2. The molecule has 0 spiro atoms. The fourth-order valence-corrected chi connectivity index (χ4v) is 5.43. The normalized spacial score (nSPS) is 14.7. The number of likely N-dealkylation sites (tertiary alicyclic amines) is 1. The van der Waals surface area contributed by atoms with Crippen LogP contribution in [-0.2, 0) is 31.0 Å². The van der Waals surface area contributed by atoms with E-state index in [1.54, 1.807) is 36.5 Å². The zero-order valence-corrected chi connectivity index (χ0v) is 25.3. The monoisotopic (exact) mass is 619 g/mol. The van der Waals surface area contributed by atoms with Gasteiger partial charge in [-0.25, -0.2) is 24.1 Å². The first-order valence-electron chi connectivity index (χ1n) is 14.5. The highest BCUT2D eigenvalue weighted by molar-refractivity contribution is 6.30. The number of carboxylic acid groups (broad SMARTS) is 1. The summed E-state index contributed by atoms with van der Waals surface area (Å²) in [7, 11) is 0. The van der Waals surface area contributed by atoms with Crippen LogP contribution in [0.3, 0.4) is 0 Å². The summed E-state index contributed by atoms with van der Waals surface area (Å²) in [6.45, 7) is 10.4. The molecule has 10 nitrogen and oxygen atoms in total. The fraction of sp³-hybridized carbons (Fsp3) is 0.344. The number of imidazole rings is 2. The number of aliphatic imine (C=N–C) groups is 2. The highest BCUT2D eigenvalue weighted by Crippen LogP contribution is 2.24. The lowest BCUT2D eigenvalue weighted by Gasteiger charge is -2.31. The van der Waals surface area contributed by atoms with Gasteiger partial charge in [0.1, 0.15) is 18.2 Å². The van der Waals surface area contributed by atoms with Gasteiger partial charge in [-0.2, -0.15) is 0 Å². The van der Waals surface area contributed by atoms with E-state index >= 15 is 0 Å². The van der Waals surface area contributed by atoms with Crippen molar-refractivity contribution >= 4 is 41.0 Å². The lowest BCUT2D eigenvalue weighted by molar-refractivity contribution is 0.0697. The number of nitrogens with zero attached hydrogens (tertiary/aromatic N) is 7. The van der Waals surface area contributed by atoms with Crippen LogP contribution in [0.5, 0.6) is 0 Å². The van der Waals surface area contributed by atoms with E-state index in [4.69, 9.17) is 21.3 Å². The Bertz CT molecular complexity index is 1690. The maximum Gasteiger partial charge on any atom is 0.335 e. The van der Waals surface area contributed by atoms with Gasteiger partial charge >= 0.3 is 5.97 Å². The molecule has 2 aromatic heterocycles. The number of aromatic nitrogens is 4. The van der Waals surface area contributed by atoms with Crippen LogP contribution >= 0.6 is 11.6 Å². The van der Waals surface area contributed by atoms with Gasteiger partial charge in [0, 0.05) is 42.3 Å². The second-order valence-electron chi connectivity index (χ2n) is 10.7. The number of hydrogen-bond donors (Lipinski definition) is 1. The van der Waals surface area contributed by atoms with Gasteiger partial charge in [0.25, 0.3) is 0 Å². The fourth-order valence-electron chi connectivity index (χ4n) is 5.27. The van der Waals surface area contributed by atoms with E-state index in [-0.39, 0.29) is 18.1 Å². The smallest absolute Gasteiger partial charge is 0.335 e. The molecule has 5 rings (SSSR count). The number of fused-ring (bicyclic) bond motifs is 1. The third-order valence-corrected chi connectivity index (χ3v) is 8.00. The summed E-state index contributed by atoms with van der Waals surface area (Å²) < 4.78 is 23.5. The summed E-state index contributed by atoms with van der Waals surface area (Å²) in [5, 5.41) is 9.89. The van der Waals surface area contributed by atoms with Crippen LogP contribution in [0.15, 0.2) is 71.4 Å². The van der Waals surface area contributed by atoms with Crippen LogP contribution in [0.2, 0.25) is 5.02 Å². The molecule has 2 aromatic carbocycles. The number of ether oxygens (including phenoxy) is 1. The third-order valence-electron chi connectivity index (χ3n) is 7.77. The molecular weight excluding hydrogens is 585 g/mol. The molecule has 44 heavy (non-hydrogen) atoms. The predicted molar refractivity (Wildman–Crippen MR) is 169 cm³/mol. The molecule has 0 radical (unpaired) electrons. The molecular formula is C32H35ClFN7O3. The lowest BCUT2D eigenvalue weighted by Crippen LogP contribution is -2.35. The number of carbonyl (C=O) groups is 1. The lowest BCUT2D eigenvalue weighted by atomic mass is 9.97. The molecule has 0 amide bonds. The van der Waals surface area contributed by atoms with Crippen LogP contribution in [0, 0.1) is 11.7 Å². The van der Waals surface area contributed by atoms with Crippen LogP contribution < -0.4 is 0 Å². The Kier molecular flexibility index (Phi) is 10.2. The number of aromatic carboxylic acids is 1. The van der Waals surface area contributed by atoms with Crippen molar-refractivity contribution in [2.45, 2.75) is 46.0 Å². The molecule has 3 heterocycles. The summed E-state index contributed by atoms with van der Waals surface area (Å²) in [5.74, 6) is 0.137. The molecule has 0 saturated carbocycles. The quantitative estimate of drug-likeness (QED) is 0.149. The van der Waals surface area contributed by atoms with Gasteiger partial charge in [0.05, 0.1) is 41.7 Å². The van der Waals surface area contributed by atoms with Gasteiger partial charge in [0.2, 0.25) is 5.88 Å². The molecule has 1 aliphatic rings. The van der Waals surface area contributed by atoms with Crippen molar-refractivity contribution in [1.82, 2.24) is 24.0 Å². The van der Waals surface area contributed by atoms with E-state index in [9.17, 15) is 14.3 Å². The number of hydrogen-bond acceptors (Lipinski definition) is 7. The molecule has 1 saturated heterocycles. The van der Waals surface area contributed by atoms with Crippen molar-refractivity contribution in [2.24, 2.45) is 15.9 Å². The highest BCUT2D eigenvalue weighted by Gasteiger charge is 2.22. The topological polar surface area (TPSA) is 110 Å². The van der Waals surface area contributed by atoms with Gasteiger partial charge in [-0.15, -0.1) is 0 Å². The van der Waals surface area contributed by atoms with Crippen LogP contribution in [-0.4, -0.2) is 67.1 Å². The molecule has 0 atom stereocenters. The van der Waals surface area contributed by atoms with Crippen molar-refractivity contribution < 1.29 is 19.0 Å². The van der Waals surface area contributed by atoms with Gasteiger partial charge in [-0.1, -0.05) is 17.7 Å². The number of rotatable bonds is 13. The minimum atomic E-state index is -0.958. The Morgan fingerprint density at radius 1 is 1.20 bits per heavy atom. The molecule has 1 aliphatic heterocycles. The van der Waals surface area contributed by atoms with Gasteiger partial charge in [0.15, 0.2) is 0 Å². The van der Waals surface area contributed by atoms with Crippen molar-refractivity contribution in [2.75, 3.05) is 19.6 Å². The van der Waals surface area contributed by atoms with E-state index in [1.165, 1.54) is 12.3 Å². The first-order chi connectivity index (χ1) is 21.3. The highest BCUT2D eigenvalue weighted by atomic mass is 35.5. The minimum Gasteiger partial charge on any atom is -0.478 e. The SMILES string of the molecule is C=C(N=CC=NCC1CCN(Cc2nc3ccc(C(=O)O)cc3n2Cc2cncn2CC)CC1)OCc1ccc(Cl)cc1F. The number of benzene rings is 2. The van der Waals surface area contributed by atoms with E-state index in [0.29, 0.717) is 36.1 Å². The van der Waals surface area contributed by atoms with Crippen molar-refractivity contribution in [3.63, 3.8) is 0 Å². The number of carboxylic acids is 1. The second-order valence-corrected chi connectivity index (χ2v) is 11.2.